The lowest BCUT2D eigenvalue weighted by Gasteiger charge is -2.32. The molecule has 0 bridgehead atoms. The largest absolute Gasteiger partial charge is 0.368 e. The number of rotatable bonds is 4. The maximum atomic E-state index is 5.85. The van der Waals surface area contributed by atoms with Gasteiger partial charge >= 0.3 is 0 Å². The van der Waals surface area contributed by atoms with Gasteiger partial charge in [0.15, 0.2) is 0 Å². The van der Waals surface area contributed by atoms with Gasteiger partial charge in [0.05, 0.1) is 11.9 Å². The lowest BCUT2D eigenvalue weighted by atomic mass is 9.78. The molecule has 1 fully saturated rings. The first-order valence-electron chi connectivity index (χ1n) is 7.13. The predicted octanol–water partition coefficient (Wildman–Crippen LogP) is 1.78. The highest BCUT2D eigenvalue weighted by Gasteiger charge is 2.29. The standard InChI is InChI=1S/C14H21N7.2ClH/c1-8-10(6-17-20-8)7-21(2)13-5-12(18-14(16)19-13)9-3-11(15)4-9;;/h5-6,9,11H,3-4,7,15H2,1-2H3,(H,17,20)(H2,16,18,19);2*1H. The summed E-state index contributed by atoms with van der Waals surface area (Å²) in [6, 6.07) is 2.31. The van der Waals surface area contributed by atoms with E-state index in [1.807, 2.05) is 26.2 Å². The number of hydrogen-bond donors (Lipinski definition) is 3. The van der Waals surface area contributed by atoms with Gasteiger partial charge in [-0.2, -0.15) is 10.1 Å². The molecule has 23 heavy (non-hydrogen) atoms. The molecule has 0 aliphatic heterocycles. The number of nitrogens with zero attached hydrogens (tertiary/aromatic N) is 4. The lowest BCUT2D eigenvalue weighted by molar-refractivity contribution is 0.345. The molecular weight excluding hydrogens is 337 g/mol. The predicted molar refractivity (Wildman–Crippen MR) is 96.3 cm³/mol. The van der Waals surface area contributed by atoms with E-state index in [2.05, 4.69) is 25.1 Å². The van der Waals surface area contributed by atoms with E-state index in [1.165, 1.54) is 0 Å². The van der Waals surface area contributed by atoms with Gasteiger partial charge in [0.2, 0.25) is 5.95 Å². The van der Waals surface area contributed by atoms with Gasteiger partial charge < -0.3 is 16.4 Å². The van der Waals surface area contributed by atoms with Crippen LogP contribution in [0.5, 0.6) is 0 Å². The molecule has 0 unspecified atom stereocenters. The fourth-order valence-electron chi connectivity index (χ4n) is 2.65. The molecule has 9 heteroatoms. The number of nitrogen functional groups attached to an aromatic ring is 1. The second-order valence-corrected chi connectivity index (χ2v) is 5.81. The summed E-state index contributed by atoms with van der Waals surface area (Å²) in [6.07, 6.45) is 3.78. The Kier molecular flexibility index (Phi) is 6.61. The van der Waals surface area contributed by atoms with Gasteiger partial charge in [0.1, 0.15) is 5.82 Å². The SMILES string of the molecule is Cc1[nH]ncc1CN(C)c1cc(C2CC(N)C2)nc(N)n1.Cl.Cl. The van der Waals surface area contributed by atoms with Crippen LogP contribution in [0, 0.1) is 6.92 Å². The van der Waals surface area contributed by atoms with Crippen LogP contribution in [0.4, 0.5) is 11.8 Å². The van der Waals surface area contributed by atoms with E-state index < -0.39 is 0 Å². The molecule has 0 saturated heterocycles. The second-order valence-electron chi connectivity index (χ2n) is 5.81. The van der Waals surface area contributed by atoms with E-state index in [4.69, 9.17) is 11.5 Å². The molecule has 2 aromatic rings. The Hall–Kier alpha value is -1.57. The topological polar surface area (TPSA) is 110 Å². The van der Waals surface area contributed by atoms with E-state index >= 15 is 0 Å². The maximum absolute atomic E-state index is 5.85. The third-order valence-electron chi connectivity index (χ3n) is 4.08. The molecule has 1 saturated carbocycles. The number of nitrogens with two attached hydrogens (primary N) is 2. The summed E-state index contributed by atoms with van der Waals surface area (Å²) in [6.45, 7) is 2.73. The molecule has 0 aromatic carbocycles. The summed E-state index contributed by atoms with van der Waals surface area (Å²) in [5.41, 5.74) is 14.9. The van der Waals surface area contributed by atoms with Crippen LogP contribution >= 0.6 is 24.8 Å². The molecule has 0 amide bonds. The second kappa shape index (κ2) is 7.81. The number of anilines is 2. The molecule has 0 spiro atoms. The molecule has 128 valence electrons. The van der Waals surface area contributed by atoms with E-state index in [-0.39, 0.29) is 24.8 Å². The lowest BCUT2D eigenvalue weighted by Crippen LogP contribution is -2.35. The van der Waals surface area contributed by atoms with Crippen molar-refractivity contribution in [1.82, 2.24) is 20.2 Å². The quantitative estimate of drug-likeness (QED) is 0.767. The smallest absolute Gasteiger partial charge is 0.222 e. The fraction of sp³-hybridized carbons (Fsp3) is 0.500. The van der Waals surface area contributed by atoms with Gasteiger partial charge in [-0.3, -0.25) is 5.10 Å². The monoisotopic (exact) mass is 359 g/mol. The van der Waals surface area contributed by atoms with E-state index in [0.717, 1.165) is 42.2 Å². The molecule has 7 nitrogen and oxygen atoms in total. The zero-order valence-electron chi connectivity index (χ0n) is 13.2. The highest BCUT2D eigenvalue weighted by atomic mass is 35.5. The Bertz CT molecular complexity index is 640. The number of aryl methyl sites for hydroxylation is 1. The van der Waals surface area contributed by atoms with Crippen molar-refractivity contribution in [3.8, 4) is 0 Å². The summed E-state index contributed by atoms with van der Waals surface area (Å²) in [5.74, 6) is 1.56. The first kappa shape index (κ1) is 19.5. The molecule has 5 N–H and O–H groups in total. The van der Waals surface area contributed by atoms with Gasteiger partial charge in [0, 0.05) is 42.9 Å². The Morgan fingerprint density at radius 3 is 2.57 bits per heavy atom. The number of hydrogen-bond acceptors (Lipinski definition) is 6. The van der Waals surface area contributed by atoms with Gasteiger partial charge in [0.25, 0.3) is 0 Å². The molecule has 1 aliphatic rings. The molecule has 1 aliphatic carbocycles. The van der Waals surface area contributed by atoms with Crippen molar-refractivity contribution in [2.75, 3.05) is 17.7 Å². The van der Waals surface area contributed by atoms with E-state index in [1.54, 1.807) is 0 Å². The Balaban J connectivity index is 0.00000132. The van der Waals surface area contributed by atoms with Crippen molar-refractivity contribution in [2.24, 2.45) is 5.73 Å². The van der Waals surface area contributed by atoms with Crippen LogP contribution in [-0.2, 0) is 6.54 Å². The highest BCUT2D eigenvalue weighted by Crippen LogP contribution is 2.35. The molecule has 2 aromatic heterocycles. The van der Waals surface area contributed by atoms with Crippen LogP contribution in [0.25, 0.3) is 0 Å². The third-order valence-corrected chi connectivity index (χ3v) is 4.08. The highest BCUT2D eigenvalue weighted by molar-refractivity contribution is 5.85. The first-order valence-corrected chi connectivity index (χ1v) is 7.13. The first-order chi connectivity index (χ1) is 10.0. The van der Waals surface area contributed by atoms with Crippen LogP contribution in [-0.4, -0.2) is 33.3 Å². The normalized spacial score (nSPS) is 19.3. The number of nitrogens with one attached hydrogen (secondary N) is 1. The fourth-order valence-corrected chi connectivity index (χ4v) is 2.65. The summed E-state index contributed by atoms with van der Waals surface area (Å²) in [7, 11) is 1.99. The minimum Gasteiger partial charge on any atom is -0.368 e. The molecule has 2 heterocycles. The van der Waals surface area contributed by atoms with Gasteiger partial charge in [-0.25, -0.2) is 4.98 Å². The van der Waals surface area contributed by atoms with Crippen molar-refractivity contribution in [1.29, 1.82) is 0 Å². The van der Waals surface area contributed by atoms with Gasteiger partial charge in [-0.1, -0.05) is 0 Å². The van der Waals surface area contributed by atoms with Crippen molar-refractivity contribution in [3.63, 3.8) is 0 Å². The minimum atomic E-state index is 0. The molecule has 0 radical (unpaired) electrons. The summed E-state index contributed by atoms with van der Waals surface area (Å²) in [5, 5.41) is 6.98. The van der Waals surface area contributed by atoms with Crippen molar-refractivity contribution in [3.05, 3.63) is 29.2 Å². The number of H-pyrrole nitrogens is 1. The van der Waals surface area contributed by atoms with Crippen LogP contribution in [0.15, 0.2) is 12.3 Å². The Labute approximate surface area is 148 Å². The molecule has 0 atom stereocenters. The summed E-state index contributed by atoms with van der Waals surface area (Å²) >= 11 is 0. The average Bonchev–Trinajstić information content (AvgIpc) is 2.80. The number of halogens is 2. The van der Waals surface area contributed by atoms with E-state index in [9.17, 15) is 0 Å². The van der Waals surface area contributed by atoms with Gasteiger partial charge in [-0.05, 0) is 19.8 Å². The van der Waals surface area contributed by atoms with Crippen molar-refractivity contribution in [2.45, 2.75) is 38.3 Å². The molecular formula is C14H23Cl2N7. The maximum Gasteiger partial charge on any atom is 0.222 e. The van der Waals surface area contributed by atoms with Gasteiger partial charge in [-0.15, -0.1) is 24.8 Å². The van der Waals surface area contributed by atoms with E-state index in [0.29, 0.717) is 17.9 Å². The summed E-state index contributed by atoms with van der Waals surface area (Å²) < 4.78 is 0. The minimum absolute atomic E-state index is 0. The van der Waals surface area contributed by atoms with Crippen LogP contribution in [0.1, 0.15) is 35.7 Å². The van der Waals surface area contributed by atoms with Crippen molar-refractivity contribution < 1.29 is 0 Å². The summed E-state index contributed by atoms with van der Waals surface area (Å²) in [4.78, 5) is 10.7. The van der Waals surface area contributed by atoms with Crippen LogP contribution in [0.3, 0.4) is 0 Å². The number of aromatic amines is 1. The zero-order chi connectivity index (χ0) is 15.0. The Morgan fingerprint density at radius 2 is 2.00 bits per heavy atom. The number of aromatic nitrogens is 4. The van der Waals surface area contributed by atoms with Crippen LogP contribution in [0.2, 0.25) is 0 Å². The average molecular weight is 360 g/mol. The Morgan fingerprint density at radius 1 is 1.30 bits per heavy atom. The third kappa shape index (κ3) is 4.25. The van der Waals surface area contributed by atoms with Crippen LogP contribution < -0.4 is 16.4 Å². The van der Waals surface area contributed by atoms with Crippen molar-refractivity contribution >= 4 is 36.6 Å². The molecule has 3 rings (SSSR count). The zero-order valence-corrected chi connectivity index (χ0v) is 14.8.